The van der Waals surface area contributed by atoms with Crippen LogP contribution in [0, 0.1) is 5.82 Å². The Hall–Kier alpha value is -3.55. The first-order valence-corrected chi connectivity index (χ1v) is 12.7. The highest BCUT2D eigenvalue weighted by Crippen LogP contribution is 2.35. The summed E-state index contributed by atoms with van der Waals surface area (Å²) in [6, 6.07) is 9.95. The number of hydrogen-bond acceptors (Lipinski definition) is 8. The van der Waals surface area contributed by atoms with Crippen LogP contribution in [0.15, 0.2) is 51.8 Å². The number of aromatic amines is 1. The molecule has 38 heavy (non-hydrogen) atoms. The number of fused-ring (bicyclic) bond motifs is 2. The molecule has 2 aromatic heterocycles. The molecule has 2 atom stereocenters. The Labute approximate surface area is 217 Å². The molecule has 0 aliphatic carbocycles. The number of halogens is 4. The fraction of sp³-hybridized carbons (Fsp3) is 0.320. The molecule has 4 heterocycles. The number of aromatic nitrogens is 3. The van der Waals surface area contributed by atoms with E-state index in [1.54, 1.807) is 6.07 Å². The van der Waals surface area contributed by atoms with Gasteiger partial charge in [0, 0.05) is 43.3 Å². The normalized spacial score (nSPS) is 19.4. The van der Waals surface area contributed by atoms with Crippen LogP contribution >= 0.6 is 11.3 Å². The Morgan fingerprint density at radius 3 is 2.63 bits per heavy atom. The number of nitrogens with one attached hydrogen (secondary N) is 2. The first-order valence-electron chi connectivity index (χ1n) is 11.9. The van der Waals surface area contributed by atoms with Crippen LogP contribution in [-0.2, 0) is 19.3 Å². The first kappa shape index (κ1) is 24.8. The maximum Gasteiger partial charge on any atom is 0.439 e. The molecule has 2 fully saturated rings. The summed E-state index contributed by atoms with van der Waals surface area (Å²) in [5.41, 5.74) is 0.707. The molecule has 2 N–H and O–H groups in total. The second kappa shape index (κ2) is 9.64. The average molecular weight is 548 g/mol. The van der Waals surface area contributed by atoms with E-state index in [4.69, 9.17) is 9.72 Å². The lowest BCUT2D eigenvalue weighted by Gasteiger charge is -2.26. The van der Waals surface area contributed by atoms with Crippen LogP contribution < -0.4 is 15.8 Å². The molecule has 0 spiro atoms. The van der Waals surface area contributed by atoms with Crippen molar-refractivity contribution in [3.05, 3.63) is 75.0 Å². The lowest BCUT2D eigenvalue weighted by molar-refractivity contribution is -0.137. The zero-order valence-corrected chi connectivity index (χ0v) is 20.5. The van der Waals surface area contributed by atoms with Gasteiger partial charge in [-0.1, -0.05) is 17.3 Å². The van der Waals surface area contributed by atoms with E-state index >= 15 is 0 Å². The van der Waals surface area contributed by atoms with Crippen molar-refractivity contribution in [2.24, 2.45) is 0 Å². The van der Waals surface area contributed by atoms with Crippen molar-refractivity contribution in [2.45, 2.75) is 37.8 Å². The predicted octanol–water partition coefficient (Wildman–Crippen LogP) is 4.44. The van der Waals surface area contributed by atoms with Gasteiger partial charge in [-0.25, -0.2) is 14.2 Å². The van der Waals surface area contributed by atoms with Crippen molar-refractivity contribution >= 4 is 11.3 Å². The molecule has 2 aromatic carbocycles. The molecule has 2 saturated heterocycles. The van der Waals surface area contributed by atoms with Gasteiger partial charge in [0.05, 0.1) is 21.7 Å². The Balaban J connectivity index is 1.24. The van der Waals surface area contributed by atoms with Crippen molar-refractivity contribution in [3.63, 3.8) is 0 Å². The number of benzene rings is 2. The van der Waals surface area contributed by atoms with Crippen LogP contribution in [0.25, 0.3) is 22.0 Å². The van der Waals surface area contributed by atoms with Crippen LogP contribution in [0.1, 0.15) is 22.6 Å². The molecule has 6 rings (SSSR count). The van der Waals surface area contributed by atoms with Gasteiger partial charge in [-0.3, -0.25) is 14.4 Å². The van der Waals surface area contributed by atoms with Gasteiger partial charge in [0.25, 0.3) is 0 Å². The molecular formula is C25H21F4N5O3S. The fourth-order valence-corrected chi connectivity index (χ4v) is 5.84. The van der Waals surface area contributed by atoms with E-state index in [9.17, 15) is 22.4 Å². The number of rotatable bonds is 7. The van der Waals surface area contributed by atoms with E-state index in [-0.39, 0.29) is 23.7 Å². The number of piperazine rings is 1. The molecule has 0 radical (unpaired) electrons. The van der Waals surface area contributed by atoms with Gasteiger partial charge >= 0.3 is 11.9 Å². The van der Waals surface area contributed by atoms with Gasteiger partial charge in [0.2, 0.25) is 0 Å². The molecule has 8 nitrogen and oxygen atoms in total. The second-order valence-corrected chi connectivity index (χ2v) is 10.3. The lowest BCUT2D eigenvalue weighted by Crippen LogP contribution is -2.43. The number of alkyl halides is 3. The van der Waals surface area contributed by atoms with Gasteiger partial charge in [-0.05, 0) is 30.7 Å². The van der Waals surface area contributed by atoms with Crippen LogP contribution in [0.5, 0.6) is 5.75 Å². The van der Waals surface area contributed by atoms with Gasteiger partial charge < -0.3 is 10.1 Å². The summed E-state index contributed by atoms with van der Waals surface area (Å²) in [5.74, 6) is -1.21. The van der Waals surface area contributed by atoms with E-state index in [0.29, 0.717) is 29.2 Å². The van der Waals surface area contributed by atoms with Gasteiger partial charge in [-0.15, -0.1) is 11.3 Å². The highest BCUT2D eigenvalue weighted by atomic mass is 32.1. The number of nitrogens with zero attached hydrogens (tertiary/aromatic N) is 3. The molecule has 2 aliphatic rings. The molecule has 13 heteroatoms. The molecule has 2 aliphatic heterocycles. The SMILES string of the molecule is O=c1[nH]c(-c2ccc(OCc3sc(-c4ccc(C(F)(F)F)cc4)nc3CN3CC4CC3CN4)cc2F)no1. The van der Waals surface area contributed by atoms with Crippen LogP contribution in [0.2, 0.25) is 0 Å². The largest absolute Gasteiger partial charge is 0.488 e. The van der Waals surface area contributed by atoms with Crippen molar-refractivity contribution in [3.8, 4) is 27.7 Å². The zero-order chi connectivity index (χ0) is 26.4. The van der Waals surface area contributed by atoms with E-state index in [2.05, 4.69) is 24.9 Å². The van der Waals surface area contributed by atoms with Crippen LogP contribution in [-0.4, -0.2) is 45.2 Å². The monoisotopic (exact) mass is 547 g/mol. The molecular weight excluding hydrogens is 526 g/mol. The summed E-state index contributed by atoms with van der Waals surface area (Å²) < 4.78 is 64.0. The Kier molecular flexibility index (Phi) is 6.28. The minimum Gasteiger partial charge on any atom is -0.488 e. The predicted molar refractivity (Wildman–Crippen MR) is 130 cm³/mol. The average Bonchev–Trinajstić information content (AvgIpc) is 3.68. The number of hydrogen-bond donors (Lipinski definition) is 2. The van der Waals surface area contributed by atoms with Crippen LogP contribution in [0.3, 0.4) is 0 Å². The minimum atomic E-state index is -4.41. The number of ether oxygens (including phenoxy) is 1. The molecule has 2 bridgehead atoms. The van der Waals surface area contributed by atoms with Crippen molar-refractivity contribution in [1.29, 1.82) is 0 Å². The summed E-state index contributed by atoms with van der Waals surface area (Å²) in [5, 5.41) is 7.55. The summed E-state index contributed by atoms with van der Waals surface area (Å²) in [6.07, 6.45) is -3.34. The molecule has 2 unspecified atom stereocenters. The molecule has 198 valence electrons. The highest BCUT2D eigenvalue weighted by Gasteiger charge is 2.38. The van der Waals surface area contributed by atoms with E-state index in [1.807, 2.05) is 0 Å². The minimum absolute atomic E-state index is 0.0284. The van der Waals surface area contributed by atoms with E-state index in [1.165, 1.54) is 35.6 Å². The summed E-state index contributed by atoms with van der Waals surface area (Å²) in [4.78, 5) is 21.4. The smallest absolute Gasteiger partial charge is 0.439 e. The number of H-pyrrole nitrogens is 1. The van der Waals surface area contributed by atoms with Gasteiger partial charge in [-0.2, -0.15) is 13.2 Å². The quantitative estimate of drug-likeness (QED) is 0.331. The summed E-state index contributed by atoms with van der Waals surface area (Å²) in [6.45, 7) is 2.50. The van der Waals surface area contributed by atoms with E-state index < -0.39 is 23.3 Å². The van der Waals surface area contributed by atoms with Crippen molar-refractivity contribution in [2.75, 3.05) is 13.1 Å². The standard InChI is InChI=1S/C25H21F4N5O3S/c26-19-8-17(5-6-18(19)22-32-24(35)37-33-22)36-12-21-20(11-34-10-15-7-16(34)9-30-15)31-23(38-21)13-1-3-14(4-2-13)25(27,28)29/h1-6,8,15-16,30H,7,9-12H2,(H,32,33,35). The molecule has 4 aromatic rings. The van der Waals surface area contributed by atoms with Gasteiger partial charge in [0.1, 0.15) is 23.2 Å². The van der Waals surface area contributed by atoms with E-state index in [0.717, 1.165) is 42.2 Å². The van der Waals surface area contributed by atoms with Crippen molar-refractivity contribution < 1.29 is 26.8 Å². The summed E-state index contributed by atoms with van der Waals surface area (Å²) in [7, 11) is 0. The fourth-order valence-electron chi connectivity index (χ4n) is 4.85. The first-order chi connectivity index (χ1) is 18.2. The molecule has 0 saturated carbocycles. The third-order valence-electron chi connectivity index (χ3n) is 6.77. The zero-order valence-electron chi connectivity index (χ0n) is 19.7. The maximum absolute atomic E-state index is 14.7. The second-order valence-electron chi connectivity index (χ2n) is 9.26. The Bertz CT molecular complexity index is 1510. The molecule has 0 amide bonds. The lowest BCUT2D eigenvalue weighted by atomic mass is 10.1. The Morgan fingerprint density at radius 1 is 1.18 bits per heavy atom. The number of likely N-dealkylation sites (tertiary alicyclic amines) is 1. The summed E-state index contributed by atoms with van der Waals surface area (Å²) >= 11 is 1.34. The third kappa shape index (κ3) is 4.96. The third-order valence-corrected chi connectivity index (χ3v) is 7.89. The van der Waals surface area contributed by atoms with Crippen LogP contribution in [0.4, 0.5) is 17.6 Å². The maximum atomic E-state index is 14.7. The van der Waals surface area contributed by atoms with Gasteiger partial charge in [0.15, 0.2) is 5.82 Å². The van der Waals surface area contributed by atoms with Crippen molar-refractivity contribution in [1.82, 2.24) is 25.3 Å². The Morgan fingerprint density at radius 2 is 2.00 bits per heavy atom. The highest BCUT2D eigenvalue weighted by molar-refractivity contribution is 7.15. The topological polar surface area (TPSA) is 96.3 Å². The number of thiazole rings is 1.